The van der Waals surface area contributed by atoms with Gasteiger partial charge in [0.15, 0.2) is 6.29 Å². The lowest BCUT2D eigenvalue weighted by Crippen LogP contribution is -2.29. The van der Waals surface area contributed by atoms with E-state index in [1.165, 1.54) is 32.1 Å². The summed E-state index contributed by atoms with van der Waals surface area (Å²) in [6.45, 7) is 12.0. The minimum atomic E-state index is -0.195. The number of aliphatic hydroxyl groups excluding tert-OH is 1. The second-order valence-corrected chi connectivity index (χ2v) is 15.2. The summed E-state index contributed by atoms with van der Waals surface area (Å²) < 4.78 is 23.1. The van der Waals surface area contributed by atoms with Gasteiger partial charge in [0.2, 0.25) is 0 Å². The van der Waals surface area contributed by atoms with Gasteiger partial charge in [-0.25, -0.2) is 0 Å². The minimum absolute atomic E-state index is 0.0423. The predicted octanol–water partition coefficient (Wildman–Crippen LogP) is 12.2. The molecule has 0 saturated carbocycles. The number of carbonyl (C=O) groups excluding carboxylic acids is 2. The summed E-state index contributed by atoms with van der Waals surface area (Å²) in [6, 6.07) is 0. The van der Waals surface area contributed by atoms with Gasteiger partial charge < -0.3 is 29.0 Å². The Balaban J connectivity index is 3.93. The minimum Gasteiger partial charge on any atom is -0.466 e. The molecular formula is C47H89NO7. The van der Waals surface area contributed by atoms with E-state index in [1.54, 1.807) is 0 Å². The van der Waals surface area contributed by atoms with Gasteiger partial charge in [0.25, 0.3) is 0 Å². The van der Waals surface area contributed by atoms with Crippen LogP contribution in [-0.2, 0) is 28.5 Å². The zero-order valence-electron chi connectivity index (χ0n) is 36.4. The van der Waals surface area contributed by atoms with E-state index in [2.05, 4.69) is 50.0 Å². The molecule has 0 saturated heterocycles. The number of aliphatic hydroxyl groups is 1. The number of hydrogen-bond donors (Lipinski definition) is 1. The monoisotopic (exact) mass is 780 g/mol. The van der Waals surface area contributed by atoms with E-state index >= 15 is 0 Å². The van der Waals surface area contributed by atoms with Gasteiger partial charge in [0.1, 0.15) is 0 Å². The van der Waals surface area contributed by atoms with Crippen molar-refractivity contribution in [2.24, 2.45) is 0 Å². The van der Waals surface area contributed by atoms with E-state index in [0.717, 1.165) is 161 Å². The number of carbonyl (C=O) groups is 2. The third-order valence-electron chi connectivity index (χ3n) is 9.93. The number of nitrogens with zero attached hydrogens (tertiary/aromatic N) is 1. The van der Waals surface area contributed by atoms with Crippen molar-refractivity contribution < 1.29 is 33.6 Å². The lowest BCUT2D eigenvalue weighted by Gasteiger charge is -2.21. The lowest BCUT2D eigenvalue weighted by molar-refractivity contribution is -0.149. The van der Waals surface area contributed by atoms with Crippen molar-refractivity contribution in [3.8, 4) is 0 Å². The second-order valence-electron chi connectivity index (χ2n) is 15.2. The maximum Gasteiger partial charge on any atom is 0.305 e. The molecule has 0 radical (unpaired) electrons. The van der Waals surface area contributed by atoms with Crippen LogP contribution in [0.1, 0.15) is 207 Å². The Morgan fingerprint density at radius 2 is 0.927 bits per heavy atom. The van der Waals surface area contributed by atoms with Gasteiger partial charge >= 0.3 is 11.9 Å². The van der Waals surface area contributed by atoms with Crippen molar-refractivity contribution in [3.63, 3.8) is 0 Å². The summed E-state index contributed by atoms with van der Waals surface area (Å²) in [5.41, 5.74) is 0. The molecule has 0 aromatic carbocycles. The van der Waals surface area contributed by atoms with Gasteiger partial charge in [-0.2, -0.15) is 0 Å². The molecule has 0 rings (SSSR count). The molecule has 0 unspecified atom stereocenters. The predicted molar refractivity (Wildman–Crippen MR) is 230 cm³/mol. The third kappa shape index (κ3) is 41.7. The molecule has 1 N–H and O–H groups in total. The Morgan fingerprint density at radius 3 is 1.42 bits per heavy atom. The summed E-state index contributed by atoms with van der Waals surface area (Å²) in [5.74, 6) is -0.147. The van der Waals surface area contributed by atoms with Crippen molar-refractivity contribution in [1.29, 1.82) is 0 Å². The molecule has 0 fully saturated rings. The molecule has 0 amide bonds. The van der Waals surface area contributed by atoms with Crippen LogP contribution in [0.4, 0.5) is 0 Å². The molecule has 0 aliphatic heterocycles. The number of unbranched alkanes of at least 4 members (excludes halogenated alkanes) is 18. The van der Waals surface area contributed by atoms with Crippen LogP contribution in [0, 0.1) is 0 Å². The molecule has 8 heteroatoms. The summed E-state index contributed by atoms with van der Waals surface area (Å²) in [6.07, 6.45) is 39.0. The highest BCUT2D eigenvalue weighted by Gasteiger charge is 2.11. The van der Waals surface area contributed by atoms with E-state index in [-0.39, 0.29) is 24.8 Å². The number of ether oxygens (including phenoxy) is 4. The highest BCUT2D eigenvalue weighted by Crippen LogP contribution is 2.14. The lowest BCUT2D eigenvalue weighted by atomic mass is 10.1. The average molecular weight is 780 g/mol. The van der Waals surface area contributed by atoms with Crippen LogP contribution in [-0.4, -0.2) is 80.9 Å². The quantitative estimate of drug-likeness (QED) is 0.0283. The first kappa shape index (κ1) is 53.3. The maximum absolute atomic E-state index is 12.3. The fraction of sp³-hybridized carbons (Fsp3) is 0.872. The van der Waals surface area contributed by atoms with Crippen molar-refractivity contribution in [1.82, 2.24) is 4.90 Å². The van der Waals surface area contributed by atoms with Gasteiger partial charge in [-0.3, -0.25) is 9.59 Å². The highest BCUT2D eigenvalue weighted by molar-refractivity contribution is 5.69. The molecule has 0 aromatic rings. The smallest absolute Gasteiger partial charge is 0.305 e. The maximum atomic E-state index is 12.3. The Bertz CT molecular complexity index is 840. The standard InChI is InChI=1S/C47H89NO7/c1-4-7-10-13-16-23-30-41-52-45(50)34-25-18-17-19-28-37-48(39-40-49)38-29-20-24-31-42-53-46(51)35-26-27-36-47(54-43-32-21-14-11-8-5-2)55-44-33-22-15-12-9-6-3/h8-9,11-12,47,49H,4-7,10,13-44H2,1-3H3/b11-8-,12-9-. The van der Waals surface area contributed by atoms with Crippen LogP contribution in [0.2, 0.25) is 0 Å². The molecule has 324 valence electrons. The van der Waals surface area contributed by atoms with Gasteiger partial charge in [0.05, 0.1) is 19.8 Å². The van der Waals surface area contributed by atoms with Gasteiger partial charge in [0, 0.05) is 32.6 Å². The largest absolute Gasteiger partial charge is 0.466 e. The van der Waals surface area contributed by atoms with Crippen molar-refractivity contribution in [2.75, 3.05) is 52.7 Å². The summed E-state index contributed by atoms with van der Waals surface area (Å²) in [4.78, 5) is 26.7. The van der Waals surface area contributed by atoms with E-state index in [1.807, 2.05) is 0 Å². The number of esters is 2. The number of hydrogen-bond acceptors (Lipinski definition) is 8. The average Bonchev–Trinajstić information content (AvgIpc) is 3.18. The van der Waals surface area contributed by atoms with Crippen molar-refractivity contribution >= 4 is 11.9 Å². The van der Waals surface area contributed by atoms with Gasteiger partial charge in [-0.1, -0.05) is 116 Å². The normalized spacial score (nSPS) is 11.9. The molecule has 8 nitrogen and oxygen atoms in total. The summed E-state index contributed by atoms with van der Waals surface area (Å²) in [7, 11) is 0. The van der Waals surface area contributed by atoms with E-state index < -0.39 is 0 Å². The van der Waals surface area contributed by atoms with Gasteiger partial charge in [-0.15, -0.1) is 0 Å². The van der Waals surface area contributed by atoms with Crippen molar-refractivity contribution in [2.45, 2.75) is 213 Å². The molecule has 0 bridgehead atoms. The molecule has 0 heterocycles. The van der Waals surface area contributed by atoms with Crippen LogP contribution in [0.25, 0.3) is 0 Å². The molecule has 0 aliphatic carbocycles. The van der Waals surface area contributed by atoms with Crippen LogP contribution in [0.5, 0.6) is 0 Å². The Kier molecular flexibility index (Phi) is 43.5. The molecular weight excluding hydrogens is 691 g/mol. The van der Waals surface area contributed by atoms with E-state index in [4.69, 9.17) is 18.9 Å². The van der Waals surface area contributed by atoms with Crippen LogP contribution >= 0.6 is 0 Å². The van der Waals surface area contributed by atoms with Crippen LogP contribution in [0.3, 0.4) is 0 Å². The van der Waals surface area contributed by atoms with Gasteiger partial charge in [-0.05, 0) is 116 Å². The molecule has 0 aromatic heterocycles. The zero-order valence-corrected chi connectivity index (χ0v) is 36.4. The highest BCUT2D eigenvalue weighted by atomic mass is 16.7. The SMILES string of the molecule is CC/C=C\CCCCOC(CCCCC(=O)OCCCCCCN(CCO)CCCCCCCC(=O)OCCCCCCCCC)OCCCC/C=C\CC. The number of rotatable bonds is 44. The number of allylic oxidation sites excluding steroid dienone is 4. The Hall–Kier alpha value is -1.74. The first-order valence-electron chi connectivity index (χ1n) is 23.2. The topological polar surface area (TPSA) is 94.5 Å². The molecule has 0 aliphatic rings. The summed E-state index contributed by atoms with van der Waals surface area (Å²) in [5, 5.41) is 9.52. The fourth-order valence-corrected chi connectivity index (χ4v) is 6.50. The third-order valence-corrected chi connectivity index (χ3v) is 9.93. The van der Waals surface area contributed by atoms with E-state index in [0.29, 0.717) is 39.3 Å². The molecule has 55 heavy (non-hydrogen) atoms. The Labute approximate surface area is 339 Å². The van der Waals surface area contributed by atoms with E-state index in [9.17, 15) is 14.7 Å². The second kappa shape index (κ2) is 45.0. The first-order chi connectivity index (χ1) is 27.1. The Morgan fingerprint density at radius 1 is 0.491 bits per heavy atom. The zero-order chi connectivity index (χ0) is 40.1. The molecule has 0 atom stereocenters. The van der Waals surface area contributed by atoms with Crippen molar-refractivity contribution in [3.05, 3.63) is 24.3 Å². The van der Waals surface area contributed by atoms with Crippen LogP contribution < -0.4 is 0 Å². The first-order valence-corrected chi connectivity index (χ1v) is 23.2. The fourth-order valence-electron chi connectivity index (χ4n) is 6.50. The summed E-state index contributed by atoms with van der Waals surface area (Å²) >= 11 is 0. The van der Waals surface area contributed by atoms with Crippen LogP contribution in [0.15, 0.2) is 24.3 Å². The molecule has 0 spiro atoms.